The quantitative estimate of drug-likeness (QED) is 0.762. The van der Waals surface area contributed by atoms with Gasteiger partial charge in [-0.3, -0.25) is 0 Å². The van der Waals surface area contributed by atoms with Crippen LogP contribution >= 0.6 is 11.3 Å². The second-order valence-corrected chi connectivity index (χ2v) is 4.01. The van der Waals surface area contributed by atoms with Gasteiger partial charge in [0.15, 0.2) is 0 Å². The third-order valence-electron chi connectivity index (χ3n) is 1.67. The SMILES string of the molecule is CCc1ccc(C=C(C)CO)s1. The summed E-state index contributed by atoms with van der Waals surface area (Å²) in [6.07, 6.45) is 3.13. The standard InChI is InChI=1S/C10H14OS/c1-3-9-4-5-10(12-9)6-8(2)7-11/h4-6,11H,3,7H2,1-2H3. The molecule has 0 unspecified atom stereocenters. The highest BCUT2D eigenvalue weighted by Crippen LogP contribution is 2.19. The summed E-state index contributed by atoms with van der Waals surface area (Å²) in [5.41, 5.74) is 1.01. The van der Waals surface area contributed by atoms with Gasteiger partial charge < -0.3 is 5.11 Å². The normalized spacial score (nSPS) is 12.1. The molecule has 2 heteroatoms. The third kappa shape index (κ3) is 2.47. The maximum Gasteiger partial charge on any atom is 0.0642 e. The highest BCUT2D eigenvalue weighted by Gasteiger charge is 1.95. The third-order valence-corrected chi connectivity index (χ3v) is 2.85. The number of rotatable bonds is 3. The van der Waals surface area contributed by atoms with Crippen LogP contribution in [0.1, 0.15) is 23.6 Å². The first-order valence-electron chi connectivity index (χ1n) is 4.13. The highest BCUT2D eigenvalue weighted by atomic mass is 32.1. The Morgan fingerprint density at radius 3 is 2.83 bits per heavy atom. The van der Waals surface area contributed by atoms with E-state index in [9.17, 15) is 0 Å². The molecule has 0 amide bonds. The van der Waals surface area contributed by atoms with Gasteiger partial charge in [-0.25, -0.2) is 0 Å². The van der Waals surface area contributed by atoms with Crippen LogP contribution in [0.25, 0.3) is 6.08 Å². The summed E-state index contributed by atoms with van der Waals surface area (Å²) in [7, 11) is 0. The van der Waals surface area contributed by atoms with Crippen LogP contribution in [0.5, 0.6) is 0 Å². The molecule has 1 nitrogen and oxygen atoms in total. The second-order valence-electron chi connectivity index (χ2n) is 2.81. The van der Waals surface area contributed by atoms with Crippen LogP contribution < -0.4 is 0 Å². The van der Waals surface area contributed by atoms with E-state index >= 15 is 0 Å². The van der Waals surface area contributed by atoms with Crippen LogP contribution in [0.2, 0.25) is 0 Å². The Morgan fingerprint density at radius 2 is 2.33 bits per heavy atom. The van der Waals surface area contributed by atoms with Gasteiger partial charge in [0.25, 0.3) is 0 Å². The smallest absolute Gasteiger partial charge is 0.0642 e. The summed E-state index contributed by atoms with van der Waals surface area (Å²) in [6.45, 7) is 4.24. The van der Waals surface area contributed by atoms with Gasteiger partial charge in [-0.1, -0.05) is 6.92 Å². The summed E-state index contributed by atoms with van der Waals surface area (Å²) in [5, 5.41) is 8.80. The van der Waals surface area contributed by atoms with Gasteiger partial charge in [-0.15, -0.1) is 11.3 Å². The molecule has 0 saturated carbocycles. The molecule has 1 N–H and O–H groups in total. The van der Waals surface area contributed by atoms with E-state index in [4.69, 9.17) is 5.11 Å². The molecule has 0 aromatic carbocycles. The van der Waals surface area contributed by atoms with Crippen LogP contribution in [-0.2, 0) is 6.42 Å². The molecule has 66 valence electrons. The Hall–Kier alpha value is -0.600. The fourth-order valence-electron chi connectivity index (χ4n) is 0.951. The van der Waals surface area contributed by atoms with Crippen molar-refractivity contribution < 1.29 is 5.11 Å². The molecule has 0 radical (unpaired) electrons. The molecule has 0 spiro atoms. The molecular formula is C10H14OS. The molecule has 0 fully saturated rings. The van der Waals surface area contributed by atoms with E-state index in [-0.39, 0.29) is 6.61 Å². The number of thiophene rings is 1. The first kappa shape index (κ1) is 9.49. The van der Waals surface area contributed by atoms with Crippen molar-refractivity contribution in [3.8, 4) is 0 Å². The van der Waals surface area contributed by atoms with Gasteiger partial charge >= 0.3 is 0 Å². The largest absolute Gasteiger partial charge is 0.392 e. The topological polar surface area (TPSA) is 20.2 Å². The van der Waals surface area contributed by atoms with Gasteiger partial charge in [0.05, 0.1) is 6.61 Å². The molecule has 1 aromatic heterocycles. The fraction of sp³-hybridized carbons (Fsp3) is 0.400. The molecule has 0 saturated heterocycles. The lowest BCUT2D eigenvalue weighted by molar-refractivity contribution is 0.332. The maximum atomic E-state index is 8.80. The van der Waals surface area contributed by atoms with Gasteiger partial charge in [0.1, 0.15) is 0 Å². The Balaban J connectivity index is 2.76. The van der Waals surface area contributed by atoms with E-state index in [0.717, 1.165) is 12.0 Å². The van der Waals surface area contributed by atoms with Crippen LogP contribution in [0.3, 0.4) is 0 Å². The molecule has 0 aliphatic rings. The average Bonchev–Trinajstić information content (AvgIpc) is 2.52. The van der Waals surface area contributed by atoms with Crippen LogP contribution in [0.4, 0.5) is 0 Å². The summed E-state index contributed by atoms with van der Waals surface area (Å²) in [6, 6.07) is 4.24. The molecule has 1 aromatic rings. The van der Waals surface area contributed by atoms with Gasteiger partial charge in [0.2, 0.25) is 0 Å². The van der Waals surface area contributed by atoms with E-state index in [1.54, 1.807) is 11.3 Å². The van der Waals surface area contributed by atoms with E-state index < -0.39 is 0 Å². The zero-order chi connectivity index (χ0) is 8.97. The first-order valence-corrected chi connectivity index (χ1v) is 4.94. The minimum Gasteiger partial charge on any atom is -0.392 e. The number of aliphatic hydroxyl groups excluding tert-OH is 1. The molecule has 1 heterocycles. The zero-order valence-electron chi connectivity index (χ0n) is 7.50. The predicted octanol–water partition coefficient (Wildman–Crippen LogP) is 2.71. The lowest BCUT2D eigenvalue weighted by Gasteiger charge is -1.91. The fourth-order valence-corrected chi connectivity index (χ4v) is 1.93. The monoisotopic (exact) mass is 182 g/mol. The highest BCUT2D eigenvalue weighted by molar-refractivity contribution is 7.12. The lowest BCUT2D eigenvalue weighted by Crippen LogP contribution is -1.81. The minimum absolute atomic E-state index is 0.152. The molecule has 0 atom stereocenters. The molecule has 0 bridgehead atoms. The van der Waals surface area contributed by atoms with Crippen molar-refractivity contribution in [3.63, 3.8) is 0 Å². The Labute approximate surface area is 77.4 Å². The maximum absolute atomic E-state index is 8.80. The van der Waals surface area contributed by atoms with Crippen LogP contribution in [-0.4, -0.2) is 11.7 Å². The summed E-state index contributed by atoms with van der Waals surface area (Å²) < 4.78 is 0. The molecular weight excluding hydrogens is 168 g/mol. The average molecular weight is 182 g/mol. The van der Waals surface area contributed by atoms with Crippen molar-refractivity contribution in [2.75, 3.05) is 6.61 Å². The Bertz CT molecular complexity index is 273. The van der Waals surface area contributed by atoms with E-state index in [0.29, 0.717) is 0 Å². The Morgan fingerprint density at radius 1 is 1.58 bits per heavy atom. The Kier molecular flexibility index (Phi) is 3.50. The van der Waals surface area contributed by atoms with Gasteiger partial charge in [0, 0.05) is 9.75 Å². The predicted molar refractivity (Wildman–Crippen MR) is 54.4 cm³/mol. The number of aliphatic hydroxyl groups is 1. The van der Waals surface area contributed by atoms with Crippen molar-refractivity contribution in [2.45, 2.75) is 20.3 Å². The minimum atomic E-state index is 0.152. The molecule has 0 aliphatic carbocycles. The molecule has 12 heavy (non-hydrogen) atoms. The summed E-state index contributed by atoms with van der Waals surface area (Å²) in [5.74, 6) is 0. The van der Waals surface area contributed by atoms with E-state index in [2.05, 4.69) is 19.1 Å². The number of aryl methyl sites for hydroxylation is 1. The van der Waals surface area contributed by atoms with Crippen LogP contribution in [0, 0.1) is 0 Å². The number of hydrogen-bond donors (Lipinski definition) is 1. The first-order chi connectivity index (χ1) is 5.76. The molecule has 1 rings (SSSR count). The summed E-state index contributed by atoms with van der Waals surface area (Å²) in [4.78, 5) is 2.63. The van der Waals surface area contributed by atoms with Crippen molar-refractivity contribution in [1.82, 2.24) is 0 Å². The van der Waals surface area contributed by atoms with Gasteiger partial charge in [-0.2, -0.15) is 0 Å². The van der Waals surface area contributed by atoms with Crippen LogP contribution in [0.15, 0.2) is 17.7 Å². The lowest BCUT2D eigenvalue weighted by atomic mass is 10.3. The number of hydrogen-bond acceptors (Lipinski definition) is 2. The van der Waals surface area contributed by atoms with Crippen molar-refractivity contribution in [3.05, 3.63) is 27.5 Å². The van der Waals surface area contributed by atoms with E-state index in [1.807, 2.05) is 13.0 Å². The second kappa shape index (κ2) is 4.43. The van der Waals surface area contributed by atoms with Crippen molar-refractivity contribution in [1.29, 1.82) is 0 Å². The zero-order valence-corrected chi connectivity index (χ0v) is 8.32. The van der Waals surface area contributed by atoms with Crippen molar-refractivity contribution in [2.24, 2.45) is 0 Å². The molecule has 0 aliphatic heterocycles. The van der Waals surface area contributed by atoms with Crippen molar-refractivity contribution >= 4 is 17.4 Å². The summed E-state index contributed by atoms with van der Waals surface area (Å²) >= 11 is 1.79. The van der Waals surface area contributed by atoms with Gasteiger partial charge in [-0.05, 0) is 37.1 Å². The van der Waals surface area contributed by atoms with E-state index in [1.165, 1.54) is 9.75 Å².